The molecule has 112 valence electrons. The first-order valence-corrected chi connectivity index (χ1v) is 7.47. The Morgan fingerprint density at radius 1 is 1.05 bits per heavy atom. The van der Waals surface area contributed by atoms with Gasteiger partial charge < -0.3 is 10.8 Å². The van der Waals surface area contributed by atoms with E-state index in [9.17, 15) is 0 Å². The first-order valence-electron chi connectivity index (χ1n) is 7.47. The monoisotopic (exact) mass is 267 g/mol. The van der Waals surface area contributed by atoms with E-state index in [2.05, 4.69) is 31.2 Å². The van der Waals surface area contributed by atoms with Crippen molar-refractivity contribution in [2.24, 2.45) is 11.1 Å². The molecule has 0 aromatic carbocycles. The summed E-state index contributed by atoms with van der Waals surface area (Å²) in [5.74, 6) is 0. The van der Waals surface area contributed by atoms with Gasteiger partial charge >= 0.3 is 0 Å². The van der Waals surface area contributed by atoms with E-state index in [1.54, 1.807) is 0 Å². The van der Waals surface area contributed by atoms with E-state index in [0.717, 1.165) is 20.1 Å². The van der Waals surface area contributed by atoms with Crippen LogP contribution in [0.2, 0.25) is 0 Å². The fraction of sp³-hybridized carbons (Fsp3) is 0.647. The number of aliphatic hydroxyl groups excluding tert-OH is 1. The first kappa shape index (κ1) is 20.5. The van der Waals surface area contributed by atoms with E-state index < -0.39 is 0 Å². The molecular weight excluding hydrogens is 234 g/mol. The lowest BCUT2D eigenvalue weighted by molar-refractivity contribution is 0.399. The van der Waals surface area contributed by atoms with Crippen LogP contribution in [0.25, 0.3) is 0 Å². The molecule has 19 heavy (non-hydrogen) atoms. The maximum Gasteiger partial charge on any atom is 0.0319 e. The van der Waals surface area contributed by atoms with Crippen molar-refractivity contribution >= 4 is 0 Å². The van der Waals surface area contributed by atoms with Crippen LogP contribution in [-0.2, 0) is 0 Å². The van der Waals surface area contributed by atoms with E-state index >= 15 is 0 Å². The average molecular weight is 267 g/mol. The second kappa shape index (κ2) is 12.2. The van der Waals surface area contributed by atoms with Crippen LogP contribution >= 0.6 is 0 Å². The van der Waals surface area contributed by atoms with Crippen LogP contribution in [0.3, 0.4) is 0 Å². The van der Waals surface area contributed by atoms with E-state index in [-0.39, 0.29) is 0 Å². The number of nitrogens with two attached hydrogens (primary N) is 1. The van der Waals surface area contributed by atoms with Gasteiger partial charge in [-0.3, -0.25) is 0 Å². The van der Waals surface area contributed by atoms with Crippen LogP contribution in [0.15, 0.2) is 35.5 Å². The third-order valence-corrected chi connectivity index (χ3v) is 3.16. The molecule has 2 heteroatoms. The highest BCUT2D eigenvalue weighted by molar-refractivity contribution is 5.38. The lowest BCUT2D eigenvalue weighted by Gasteiger charge is -2.13. The summed E-state index contributed by atoms with van der Waals surface area (Å²) < 4.78 is 0. The summed E-state index contributed by atoms with van der Waals surface area (Å²) >= 11 is 0. The molecule has 0 amide bonds. The third kappa shape index (κ3) is 6.74. The van der Waals surface area contributed by atoms with Crippen LogP contribution in [0, 0.1) is 5.41 Å². The van der Waals surface area contributed by atoms with Gasteiger partial charge in [-0.05, 0) is 31.8 Å². The Morgan fingerprint density at radius 3 is 2.00 bits per heavy atom. The third-order valence-electron chi connectivity index (χ3n) is 3.16. The highest BCUT2D eigenvalue weighted by atomic mass is 16.2. The van der Waals surface area contributed by atoms with Crippen molar-refractivity contribution < 1.29 is 5.11 Å². The minimum absolute atomic E-state index is 0.356. The van der Waals surface area contributed by atoms with Gasteiger partial charge in [0.05, 0.1) is 0 Å². The number of allylic oxidation sites excluding steroid dienone is 5. The topological polar surface area (TPSA) is 46.2 Å². The van der Waals surface area contributed by atoms with Gasteiger partial charge in [-0.15, -0.1) is 0 Å². The van der Waals surface area contributed by atoms with E-state index in [0.29, 0.717) is 5.41 Å². The number of hydrogen-bond donors (Lipinski definition) is 2. The summed E-state index contributed by atoms with van der Waals surface area (Å²) in [7, 11) is 1.00. The molecule has 0 bridgehead atoms. The quantitative estimate of drug-likeness (QED) is 0.787. The minimum Gasteiger partial charge on any atom is -0.400 e. The molecule has 0 radical (unpaired) electrons. The van der Waals surface area contributed by atoms with Crippen LogP contribution in [0.1, 0.15) is 53.9 Å². The van der Waals surface area contributed by atoms with E-state index in [4.69, 9.17) is 10.8 Å². The molecule has 1 fully saturated rings. The molecule has 0 saturated heterocycles. The predicted octanol–water partition coefficient (Wildman–Crippen LogP) is 4.22. The summed E-state index contributed by atoms with van der Waals surface area (Å²) in [5, 5.41) is 7.00. The maximum atomic E-state index is 7.00. The fourth-order valence-electron chi connectivity index (χ4n) is 1.88. The lowest BCUT2D eigenvalue weighted by Crippen LogP contribution is -2.16. The summed E-state index contributed by atoms with van der Waals surface area (Å²) in [6.07, 6.45) is 12.7. The molecule has 0 aromatic rings. The van der Waals surface area contributed by atoms with Crippen molar-refractivity contribution in [1.29, 1.82) is 0 Å². The molecule has 2 aliphatic carbocycles. The zero-order chi connectivity index (χ0) is 15.3. The summed E-state index contributed by atoms with van der Waals surface area (Å²) in [6, 6.07) is 0. The normalized spacial score (nSPS) is 17.9. The van der Waals surface area contributed by atoms with Crippen molar-refractivity contribution in [3.63, 3.8) is 0 Å². The van der Waals surface area contributed by atoms with E-state index in [1.807, 2.05) is 27.7 Å². The summed E-state index contributed by atoms with van der Waals surface area (Å²) in [4.78, 5) is 0. The van der Waals surface area contributed by atoms with Gasteiger partial charge in [0, 0.05) is 19.1 Å². The standard InChI is InChI=1S/C12H17N.2C2H6.CH4O/c1-10-3-2-4-11(6-5-10)12(9-13)7-8-12;3*1-2/h3-6H,2,7-9,13H2,1H3;2*1-2H3;2H,1H3. The second-order valence-electron chi connectivity index (χ2n) is 4.16. The second-order valence-corrected chi connectivity index (χ2v) is 4.16. The Balaban J connectivity index is 0. The smallest absolute Gasteiger partial charge is 0.0319 e. The van der Waals surface area contributed by atoms with Crippen LogP contribution in [0.4, 0.5) is 0 Å². The van der Waals surface area contributed by atoms with Crippen LogP contribution in [-0.4, -0.2) is 18.8 Å². The van der Waals surface area contributed by atoms with Crippen LogP contribution < -0.4 is 5.73 Å². The Bertz CT molecular complexity index is 296. The van der Waals surface area contributed by atoms with Crippen molar-refractivity contribution in [3.05, 3.63) is 35.5 Å². The number of hydrogen-bond acceptors (Lipinski definition) is 2. The average Bonchev–Trinajstić information content (AvgIpc) is 3.30. The highest BCUT2D eigenvalue weighted by Gasteiger charge is 2.43. The van der Waals surface area contributed by atoms with E-state index in [1.165, 1.54) is 24.0 Å². The first-order chi connectivity index (χ1) is 9.27. The molecule has 1 saturated carbocycles. The zero-order valence-corrected chi connectivity index (χ0v) is 13.7. The highest BCUT2D eigenvalue weighted by Crippen LogP contribution is 2.51. The Labute approximate surface area is 120 Å². The molecule has 2 rings (SSSR count). The molecule has 3 N–H and O–H groups in total. The molecule has 2 nitrogen and oxygen atoms in total. The van der Waals surface area contributed by atoms with Gasteiger partial charge in [-0.1, -0.05) is 57.6 Å². The molecule has 0 spiro atoms. The molecule has 2 aliphatic rings. The molecule has 0 unspecified atom stereocenters. The van der Waals surface area contributed by atoms with Gasteiger partial charge in [0.2, 0.25) is 0 Å². The molecular formula is C17H33NO. The number of aliphatic hydroxyl groups is 1. The van der Waals surface area contributed by atoms with Gasteiger partial charge in [-0.2, -0.15) is 0 Å². The molecule has 0 atom stereocenters. The van der Waals surface area contributed by atoms with Gasteiger partial charge in [0.1, 0.15) is 0 Å². The van der Waals surface area contributed by atoms with Gasteiger partial charge in [-0.25, -0.2) is 0 Å². The SMILES string of the molecule is CC.CC.CC1=CCC=C(C2(CN)CC2)C=C1.CO. The van der Waals surface area contributed by atoms with Crippen molar-refractivity contribution in [2.75, 3.05) is 13.7 Å². The van der Waals surface area contributed by atoms with Crippen molar-refractivity contribution in [3.8, 4) is 0 Å². The zero-order valence-electron chi connectivity index (χ0n) is 13.7. The molecule has 0 heterocycles. The largest absolute Gasteiger partial charge is 0.400 e. The fourth-order valence-corrected chi connectivity index (χ4v) is 1.88. The van der Waals surface area contributed by atoms with Crippen molar-refractivity contribution in [2.45, 2.75) is 53.9 Å². The molecule has 0 aromatic heterocycles. The predicted molar refractivity (Wildman–Crippen MR) is 87.2 cm³/mol. The number of rotatable bonds is 2. The van der Waals surface area contributed by atoms with Gasteiger partial charge in [0.15, 0.2) is 0 Å². The molecule has 0 aliphatic heterocycles. The Hall–Kier alpha value is -0.860. The summed E-state index contributed by atoms with van der Waals surface area (Å²) in [6.45, 7) is 11.0. The van der Waals surface area contributed by atoms with Crippen LogP contribution in [0.5, 0.6) is 0 Å². The Kier molecular flexibility index (Phi) is 13.1. The lowest BCUT2D eigenvalue weighted by atomic mass is 9.95. The Morgan fingerprint density at radius 2 is 1.58 bits per heavy atom. The minimum atomic E-state index is 0.356. The van der Waals surface area contributed by atoms with Crippen molar-refractivity contribution in [1.82, 2.24) is 0 Å². The maximum absolute atomic E-state index is 7.00. The summed E-state index contributed by atoms with van der Waals surface area (Å²) in [5.41, 5.74) is 8.97. The van der Waals surface area contributed by atoms with Gasteiger partial charge in [0.25, 0.3) is 0 Å².